The molecule has 84 valence electrons. The molecule has 1 rings (SSSR count). The molecule has 3 N–H and O–H groups in total. The summed E-state index contributed by atoms with van der Waals surface area (Å²) in [5.74, 6) is 0.262. The van der Waals surface area contributed by atoms with E-state index in [0.29, 0.717) is 18.1 Å². The Hall–Kier alpha value is -0.770. The van der Waals surface area contributed by atoms with Crippen LogP contribution in [0.25, 0.3) is 0 Å². The molecule has 0 aliphatic rings. The van der Waals surface area contributed by atoms with Crippen LogP contribution in [0.1, 0.15) is 18.1 Å². The van der Waals surface area contributed by atoms with Gasteiger partial charge in [0.2, 0.25) is 0 Å². The number of aryl methyl sites for hydroxylation is 1. The SMILES string of the molecule is Cc1cc(Cl)cc(CNCC(C)O)c1O. The lowest BCUT2D eigenvalue weighted by Gasteiger charge is -2.10. The fraction of sp³-hybridized carbons (Fsp3) is 0.455. The third-order valence-corrected chi connectivity index (χ3v) is 2.32. The van der Waals surface area contributed by atoms with Crippen molar-refractivity contribution < 1.29 is 10.2 Å². The molecule has 1 atom stereocenters. The Labute approximate surface area is 94.7 Å². The summed E-state index contributed by atoms with van der Waals surface area (Å²) in [4.78, 5) is 0. The number of aliphatic hydroxyl groups excluding tert-OH is 1. The highest BCUT2D eigenvalue weighted by atomic mass is 35.5. The van der Waals surface area contributed by atoms with Crippen LogP contribution in [0.4, 0.5) is 0 Å². The number of hydrogen-bond donors (Lipinski definition) is 3. The Kier molecular flexibility index (Phi) is 4.39. The van der Waals surface area contributed by atoms with Crippen molar-refractivity contribution in [3.63, 3.8) is 0 Å². The van der Waals surface area contributed by atoms with Crippen molar-refractivity contribution >= 4 is 11.6 Å². The quantitative estimate of drug-likeness (QED) is 0.738. The number of nitrogens with one attached hydrogen (secondary N) is 1. The lowest BCUT2D eigenvalue weighted by Crippen LogP contribution is -2.23. The van der Waals surface area contributed by atoms with Crippen LogP contribution in [-0.4, -0.2) is 22.9 Å². The van der Waals surface area contributed by atoms with Gasteiger partial charge in [-0.2, -0.15) is 0 Å². The van der Waals surface area contributed by atoms with Crippen LogP contribution >= 0.6 is 11.6 Å². The number of halogens is 1. The minimum absolute atomic E-state index is 0.262. The number of aromatic hydroxyl groups is 1. The molecule has 0 aliphatic heterocycles. The molecule has 0 fully saturated rings. The van der Waals surface area contributed by atoms with Crippen molar-refractivity contribution in [1.82, 2.24) is 5.32 Å². The van der Waals surface area contributed by atoms with E-state index in [-0.39, 0.29) is 5.75 Å². The van der Waals surface area contributed by atoms with Gasteiger partial charge in [0.25, 0.3) is 0 Å². The Morgan fingerprint density at radius 2 is 2.13 bits per heavy atom. The normalized spacial score (nSPS) is 12.8. The summed E-state index contributed by atoms with van der Waals surface area (Å²) < 4.78 is 0. The first kappa shape index (κ1) is 12.3. The van der Waals surface area contributed by atoms with Gasteiger partial charge < -0.3 is 15.5 Å². The number of benzene rings is 1. The van der Waals surface area contributed by atoms with Gasteiger partial charge >= 0.3 is 0 Å². The molecule has 1 unspecified atom stereocenters. The standard InChI is InChI=1S/C11H16ClNO2/c1-7-3-10(12)4-9(11(7)15)6-13-5-8(2)14/h3-4,8,13-15H,5-6H2,1-2H3. The summed E-state index contributed by atoms with van der Waals surface area (Å²) in [7, 11) is 0. The summed E-state index contributed by atoms with van der Waals surface area (Å²) in [5.41, 5.74) is 1.51. The molecule has 4 heteroatoms. The molecule has 0 heterocycles. The molecular weight excluding hydrogens is 214 g/mol. The summed E-state index contributed by atoms with van der Waals surface area (Å²) in [6.07, 6.45) is -0.396. The number of phenols is 1. The number of rotatable bonds is 4. The van der Waals surface area contributed by atoms with Crippen LogP contribution in [0.15, 0.2) is 12.1 Å². The molecular formula is C11H16ClNO2. The smallest absolute Gasteiger partial charge is 0.123 e. The van der Waals surface area contributed by atoms with Crippen molar-refractivity contribution in [2.24, 2.45) is 0 Å². The number of hydrogen-bond acceptors (Lipinski definition) is 3. The summed E-state index contributed by atoms with van der Waals surface area (Å²) >= 11 is 5.88. The summed E-state index contributed by atoms with van der Waals surface area (Å²) in [6, 6.07) is 3.44. The average Bonchev–Trinajstić information content (AvgIpc) is 2.12. The van der Waals surface area contributed by atoms with E-state index >= 15 is 0 Å². The van der Waals surface area contributed by atoms with Crippen LogP contribution in [-0.2, 0) is 6.54 Å². The van der Waals surface area contributed by atoms with Crippen molar-refractivity contribution in [2.75, 3.05) is 6.54 Å². The molecule has 15 heavy (non-hydrogen) atoms. The maximum Gasteiger partial charge on any atom is 0.123 e. The molecule has 0 aliphatic carbocycles. The Balaban J connectivity index is 2.68. The van der Waals surface area contributed by atoms with E-state index in [1.54, 1.807) is 26.0 Å². The highest BCUT2D eigenvalue weighted by molar-refractivity contribution is 6.30. The Morgan fingerprint density at radius 1 is 1.47 bits per heavy atom. The second-order valence-corrected chi connectivity index (χ2v) is 4.15. The zero-order valence-electron chi connectivity index (χ0n) is 8.92. The van der Waals surface area contributed by atoms with Gasteiger partial charge in [-0.05, 0) is 31.5 Å². The molecule has 3 nitrogen and oxygen atoms in total. The largest absolute Gasteiger partial charge is 0.507 e. The molecule has 0 radical (unpaired) electrons. The molecule has 0 spiro atoms. The maximum absolute atomic E-state index is 9.73. The van der Waals surface area contributed by atoms with E-state index in [4.69, 9.17) is 16.7 Å². The molecule has 0 bridgehead atoms. The predicted octanol–water partition coefficient (Wildman–Crippen LogP) is 1.82. The van der Waals surface area contributed by atoms with Gasteiger partial charge in [-0.3, -0.25) is 0 Å². The van der Waals surface area contributed by atoms with Crippen LogP contribution < -0.4 is 5.32 Å². The molecule has 1 aromatic rings. The number of phenolic OH excluding ortho intramolecular Hbond substituents is 1. The summed E-state index contributed by atoms with van der Waals surface area (Å²) in [5, 5.41) is 22.4. The fourth-order valence-corrected chi connectivity index (χ4v) is 1.65. The van der Waals surface area contributed by atoms with Gasteiger partial charge in [0.05, 0.1) is 6.10 Å². The first-order valence-corrected chi connectivity index (χ1v) is 5.25. The van der Waals surface area contributed by atoms with E-state index in [9.17, 15) is 5.11 Å². The van der Waals surface area contributed by atoms with Gasteiger partial charge in [-0.1, -0.05) is 11.6 Å². The van der Waals surface area contributed by atoms with Gasteiger partial charge in [-0.25, -0.2) is 0 Å². The van der Waals surface area contributed by atoms with Crippen molar-refractivity contribution in [3.05, 3.63) is 28.3 Å². The molecule has 0 saturated carbocycles. The van der Waals surface area contributed by atoms with Crippen LogP contribution in [0, 0.1) is 6.92 Å². The lowest BCUT2D eigenvalue weighted by molar-refractivity contribution is 0.191. The third kappa shape index (κ3) is 3.70. The second-order valence-electron chi connectivity index (χ2n) is 3.71. The average molecular weight is 230 g/mol. The van der Waals surface area contributed by atoms with Gasteiger partial charge in [-0.15, -0.1) is 0 Å². The van der Waals surface area contributed by atoms with Gasteiger partial charge in [0, 0.05) is 23.7 Å². The Morgan fingerprint density at radius 3 is 2.73 bits per heavy atom. The molecule has 0 saturated heterocycles. The highest BCUT2D eigenvalue weighted by Crippen LogP contribution is 2.26. The monoisotopic (exact) mass is 229 g/mol. The topological polar surface area (TPSA) is 52.5 Å². The van der Waals surface area contributed by atoms with Crippen LogP contribution in [0.3, 0.4) is 0 Å². The van der Waals surface area contributed by atoms with Crippen molar-refractivity contribution in [1.29, 1.82) is 0 Å². The minimum Gasteiger partial charge on any atom is -0.507 e. The van der Waals surface area contributed by atoms with Crippen LogP contribution in [0.5, 0.6) is 5.75 Å². The van der Waals surface area contributed by atoms with E-state index in [2.05, 4.69) is 5.32 Å². The zero-order chi connectivity index (χ0) is 11.4. The highest BCUT2D eigenvalue weighted by Gasteiger charge is 2.06. The van der Waals surface area contributed by atoms with Crippen LogP contribution in [0.2, 0.25) is 5.02 Å². The van der Waals surface area contributed by atoms with E-state index in [1.807, 2.05) is 0 Å². The number of aliphatic hydroxyl groups is 1. The zero-order valence-corrected chi connectivity index (χ0v) is 9.67. The molecule has 0 amide bonds. The van der Waals surface area contributed by atoms with E-state index < -0.39 is 6.10 Å². The molecule has 1 aromatic carbocycles. The third-order valence-electron chi connectivity index (χ3n) is 2.10. The van der Waals surface area contributed by atoms with Gasteiger partial charge in [0.1, 0.15) is 5.75 Å². The minimum atomic E-state index is -0.396. The van der Waals surface area contributed by atoms with E-state index in [1.165, 1.54) is 0 Å². The first-order chi connectivity index (χ1) is 7.00. The van der Waals surface area contributed by atoms with Gasteiger partial charge in [0.15, 0.2) is 0 Å². The maximum atomic E-state index is 9.73. The summed E-state index contributed by atoms with van der Waals surface area (Å²) in [6.45, 7) is 4.50. The lowest BCUT2D eigenvalue weighted by atomic mass is 10.1. The predicted molar refractivity (Wildman–Crippen MR) is 61.2 cm³/mol. The van der Waals surface area contributed by atoms with E-state index in [0.717, 1.165) is 11.1 Å². The first-order valence-electron chi connectivity index (χ1n) is 4.87. The fourth-order valence-electron chi connectivity index (χ4n) is 1.36. The van der Waals surface area contributed by atoms with Crippen molar-refractivity contribution in [3.8, 4) is 5.75 Å². The second kappa shape index (κ2) is 5.35. The molecule has 0 aromatic heterocycles. The van der Waals surface area contributed by atoms with Crippen molar-refractivity contribution in [2.45, 2.75) is 26.5 Å². The Bertz CT molecular complexity index is 340.